The number of hydrogen-bond acceptors (Lipinski definition) is 2. The minimum absolute atomic E-state index is 0.00764. The molecule has 98 valence electrons. The molecular weight excluding hydrogens is 212 g/mol. The number of carbonyl (C=O) groups is 1. The lowest BCUT2D eigenvalue weighted by molar-refractivity contribution is -0.159. The molecule has 17 heavy (non-hydrogen) atoms. The molecule has 4 atom stereocenters. The van der Waals surface area contributed by atoms with E-state index in [1.54, 1.807) is 0 Å². The maximum atomic E-state index is 11.7. The predicted molar refractivity (Wildman–Crippen MR) is 68.5 cm³/mol. The average molecular weight is 238 g/mol. The molecule has 3 fully saturated rings. The van der Waals surface area contributed by atoms with E-state index >= 15 is 0 Å². The number of esters is 1. The Morgan fingerprint density at radius 3 is 2.65 bits per heavy atom. The van der Waals surface area contributed by atoms with E-state index in [1.165, 1.54) is 19.3 Å². The summed E-state index contributed by atoms with van der Waals surface area (Å²) in [5.41, 5.74) is 0.492. The van der Waals surface area contributed by atoms with Crippen LogP contribution in [-0.4, -0.2) is 12.6 Å². The van der Waals surface area contributed by atoms with E-state index < -0.39 is 0 Å². The number of hydrogen-bond donors (Lipinski definition) is 0. The largest absolute Gasteiger partial charge is 0.465 e. The van der Waals surface area contributed by atoms with Crippen molar-refractivity contribution in [1.82, 2.24) is 0 Å². The molecule has 0 aromatic rings. The van der Waals surface area contributed by atoms with Gasteiger partial charge in [0.1, 0.15) is 0 Å². The van der Waals surface area contributed by atoms with Crippen molar-refractivity contribution in [2.24, 2.45) is 29.1 Å². The molecule has 3 saturated carbocycles. The maximum absolute atomic E-state index is 11.7. The first-order valence-corrected chi connectivity index (χ1v) is 7.13. The first kappa shape index (κ1) is 12.9. The molecule has 0 N–H and O–H groups in total. The second kappa shape index (κ2) is 4.62. The van der Waals surface area contributed by atoms with Crippen molar-refractivity contribution in [2.75, 3.05) is 6.61 Å². The SMILES string of the molecule is CCC(C)C(=O)OC[C@H]1CC[C@@H]2C[C@H]1C2(C)C. The second-order valence-electron chi connectivity index (χ2n) is 6.64. The van der Waals surface area contributed by atoms with Crippen LogP contribution in [0.5, 0.6) is 0 Å². The highest BCUT2D eigenvalue weighted by Crippen LogP contribution is 2.61. The molecular formula is C15H26O2. The van der Waals surface area contributed by atoms with E-state index in [4.69, 9.17) is 4.74 Å². The highest BCUT2D eigenvalue weighted by molar-refractivity contribution is 5.71. The predicted octanol–water partition coefficient (Wildman–Crippen LogP) is 3.65. The zero-order chi connectivity index (χ0) is 12.6. The highest BCUT2D eigenvalue weighted by atomic mass is 16.5. The fourth-order valence-corrected chi connectivity index (χ4v) is 3.66. The van der Waals surface area contributed by atoms with Gasteiger partial charge in [0.05, 0.1) is 12.5 Å². The van der Waals surface area contributed by atoms with Gasteiger partial charge in [0.2, 0.25) is 0 Å². The van der Waals surface area contributed by atoms with Crippen LogP contribution in [0.3, 0.4) is 0 Å². The second-order valence-corrected chi connectivity index (χ2v) is 6.64. The lowest BCUT2D eigenvalue weighted by Crippen LogP contribution is -2.53. The van der Waals surface area contributed by atoms with Gasteiger partial charge in [-0.2, -0.15) is 0 Å². The molecule has 0 aromatic heterocycles. The molecule has 1 unspecified atom stereocenters. The fourth-order valence-electron chi connectivity index (χ4n) is 3.66. The maximum Gasteiger partial charge on any atom is 0.308 e. The molecule has 3 aliphatic carbocycles. The van der Waals surface area contributed by atoms with Crippen LogP contribution < -0.4 is 0 Å². The van der Waals surface area contributed by atoms with Crippen molar-refractivity contribution in [3.63, 3.8) is 0 Å². The third kappa shape index (κ3) is 2.23. The number of carbonyl (C=O) groups excluding carboxylic acids is 1. The smallest absolute Gasteiger partial charge is 0.308 e. The van der Waals surface area contributed by atoms with Crippen LogP contribution in [0.15, 0.2) is 0 Å². The molecule has 2 nitrogen and oxygen atoms in total. The van der Waals surface area contributed by atoms with E-state index in [9.17, 15) is 4.79 Å². The van der Waals surface area contributed by atoms with Crippen LogP contribution in [0, 0.1) is 29.1 Å². The van der Waals surface area contributed by atoms with Crippen LogP contribution in [0.25, 0.3) is 0 Å². The van der Waals surface area contributed by atoms with Gasteiger partial charge in [0.15, 0.2) is 0 Å². The van der Waals surface area contributed by atoms with Gasteiger partial charge in [0, 0.05) is 0 Å². The van der Waals surface area contributed by atoms with Crippen molar-refractivity contribution in [1.29, 1.82) is 0 Å². The zero-order valence-corrected chi connectivity index (χ0v) is 11.7. The molecule has 3 aliphatic rings. The summed E-state index contributed by atoms with van der Waals surface area (Å²) in [6.45, 7) is 9.41. The Labute approximate surface area is 105 Å². The van der Waals surface area contributed by atoms with Gasteiger partial charge in [-0.15, -0.1) is 0 Å². The quantitative estimate of drug-likeness (QED) is 0.699. The van der Waals surface area contributed by atoms with Crippen molar-refractivity contribution < 1.29 is 9.53 Å². The Morgan fingerprint density at radius 1 is 1.41 bits per heavy atom. The molecule has 0 spiro atoms. The van der Waals surface area contributed by atoms with Gasteiger partial charge in [0.25, 0.3) is 0 Å². The summed E-state index contributed by atoms with van der Waals surface area (Å²) in [5.74, 6) is 2.37. The lowest BCUT2D eigenvalue weighted by Gasteiger charge is -2.60. The Balaban J connectivity index is 1.82. The lowest BCUT2D eigenvalue weighted by atomic mass is 9.46. The van der Waals surface area contributed by atoms with Crippen LogP contribution >= 0.6 is 0 Å². The van der Waals surface area contributed by atoms with Crippen LogP contribution in [0.2, 0.25) is 0 Å². The van der Waals surface area contributed by atoms with Crippen molar-refractivity contribution in [3.8, 4) is 0 Å². The Morgan fingerprint density at radius 2 is 2.12 bits per heavy atom. The van der Waals surface area contributed by atoms with Crippen LogP contribution in [0.1, 0.15) is 53.4 Å². The summed E-state index contributed by atoms with van der Waals surface area (Å²) < 4.78 is 5.48. The monoisotopic (exact) mass is 238 g/mol. The van der Waals surface area contributed by atoms with Gasteiger partial charge in [-0.1, -0.05) is 27.7 Å². The van der Waals surface area contributed by atoms with E-state index in [-0.39, 0.29) is 11.9 Å². The molecule has 0 aliphatic heterocycles. The summed E-state index contributed by atoms with van der Waals surface area (Å²) >= 11 is 0. The number of rotatable bonds is 4. The highest BCUT2D eigenvalue weighted by Gasteiger charge is 2.54. The average Bonchev–Trinajstić information content (AvgIpc) is 2.34. The van der Waals surface area contributed by atoms with Crippen LogP contribution in [-0.2, 0) is 9.53 Å². The van der Waals surface area contributed by atoms with E-state index in [2.05, 4.69) is 13.8 Å². The molecule has 3 rings (SSSR count). The summed E-state index contributed by atoms with van der Waals surface area (Å²) in [6.07, 6.45) is 4.82. The Hall–Kier alpha value is -0.530. The van der Waals surface area contributed by atoms with Gasteiger partial charge in [-0.05, 0) is 48.9 Å². The summed E-state index contributed by atoms with van der Waals surface area (Å²) in [6, 6.07) is 0. The first-order valence-electron chi connectivity index (χ1n) is 7.13. The van der Waals surface area contributed by atoms with E-state index in [0.29, 0.717) is 17.9 Å². The van der Waals surface area contributed by atoms with Gasteiger partial charge >= 0.3 is 5.97 Å². The topological polar surface area (TPSA) is 26.3 Å². The van der Waals surface area contributed by atoms with Gasteiger partial charge < -0.3 is 4.74 Å². The number of fused-ring (bicyclic) bond motifs is 2. The molecule has 0 heterocycles. The Bertz CT molecular complexity index is 293. The molecule has 2 heteroatoms. The minimum atomic E-state index is -0.00764. The van der Waals surface area contributed by atoms with Crippen molar-refractivity contribution in [3.05, 3.63) is 0 Å². The minimum Gasteiger partial charge on any atom is -0.465 e. The molecule has 0 saturated heterocycles. The third-order valence-corrected chi connectivity index (χ3v) is 5.46. The first-order chi connectivity index (χ1) is 7.96. The summed E-state index contributed by atoms with van der Waals surface area (Å²) in [7, 11) is 0. The third-order valence-electron chi connectivity index (χ3n) is 5.46. The fraction of sp³-hybridized carbons (Fsp3) is 0.933. The van der Waals surface area contributed by atoms with Crippen molar-refractivity contribution >= 4 is 5.97 Å². The standard InChI is InChI=1S/C15H26O2/c1-5-10(2)14(16)17-9-11-6-7-12-8-13(11)15(12,3)4/h10-13H,5-9H2,1-4H3/t10?,11-,12-,13-/m1/s1. The Kier molecular flexibility index (Phi) is 3.51. The van der Waals surface area contributed by atoms with E-state index in [0.717, 1.165) is 18.3 Å². The van der Waals surface area contributed by atoms with Gasteiger partial charge in [-0.3, -0.25) is 4.79 Å². The van der Waals surface area contributed by atoms with Gasteiger partial charge in [-0.25, -0.2) is 0 Å². The molecule has 0 aromatic carbocycles. The number of ether oxygens (including phenoxy) is 1. The molecule has 2 bridgehead atoms. The molecule has 0 amide bonds. The van der Waals surface area contributed by atoms with Crippen molar-refractivity contribution in [2.45, 2.75) is 53.4 Å². The van der Waals surface area contributed by atoms with Crippen LogP contribution in [0.4, 0.5) is 0 Å². The molecule has 0 radical (unpaired) electrons. The summed E-state index contributed by atoms with van der Waals surface area (Å²) in [5, 5.41) is 0. The normalized spacial score (nSPS) is 35.9. The zero-order valence-electron chi connectivity index (χ0n) is 11.7. The van der Waals surface area contributed by atoms with E-state index in [1.807, 2.05) is 13.8 Å². The summed E-state index contributed by atoms with van der Waals surface area (Å²) in [4.78, 5) is 11.7.